The zero-order valence-corrected chi connectivity index (χ0v) is 12.6. The van der Waals surface area contributed by atoms with Gasteiger partial charge < -0.3 is 15.2 Å². The van der Waals surface area contributed by atoms with Gasteiger partial charge in [0.05, 0.1) is 11.9 Å². The molecule has 0 saturated carbocycles. The Kier molecular flexibility index (Phi) is 4.17. The summed E-state index contributed by atoms with van der Waals surface area (Å²) < 4.78 is 13.7. The molecular formula is C17H17FNO3-. The topological polar surface area (TPSA) is 69.2 Å². The summed E-state index contributed by atoms with van der Waals surface area (Å²) in [5.41, 5.74) is 0.727. The van der Waals surface area contributed by atoms with Gasteiger partial charge in [0.25, 0.3) is 0 Å². The number of nitrogens with one attached hydrogen (secondary N) is 1. The van der Waals surface area contributed by atoms with Crippen LogP contribution in [-0.2, 0) is 9.59 Å². The second-order valence-corrected chi connectivity index (χ2v) is 5.48. The first-order valence-corrected chi connectivity index (χ1v) is 6.91. The van der Waals surface area contributed by atoms with E-state index in [9.17, 15) is 19.1 Å². The Morgan fingerprint density at radius 3 is 2.59 bits per heavy atom. The Labute approximate surface area is 128 Å². The Morgan fingerprint density at radius 2 is 2.00 bits per heavy atom. The van der Waals surface area contributed by atoms with Gasteiger partial charge in [-0.3, -0.25) is 4.79 Å². The quantitative estimate of drug-likeness (QED) is 0.921. The van der Waals surface area contributed by atoms with Crippen LogP contribution in [0.4, 0.5) is 10.1 Å². The molecule has 0 saturated heterocycles. The number of rotatable bonds is 4. The van der Waals surface area contributed by atoms with Crippen LogP contribution >= 0.6 is 0 Å². The number of Topliss-reactive ketones (excluding diaryl/α,β-unsaturated/α-hetero) is 1. The minimum Gasteiger partial charge on any atom is -0.549 e. The van der Waals surface area contributed by atoms with Crippen LogP contribution < -0.4 is 10.4 Å². The SMILES string of the molecule is CC(=O)C1(Nc2cccc(C)c2C)C=C(F)C=CC1C(=O)[O-]. The molecule has 1 aliphatic rings. The summed E-state index contributed by atoms with van der Waals surface area (Å²) in [6.07, 6.45) is 3.19. The molecule has 0 aliphatic heterocycles. The average molecular weight is 302 g/mol. The van der Waals surface area contributed by atoms with Crippen molar-refractivity contribution < 1.29 is 19.1 Å². The summed E-state index contributed by atoms with van der Waals surface area (Å²) in [5.74, 6) is -3.88. The molecule has 0 spiro atoms. The summed E-state index contributed by atoms with van der Waals surface area (Å²) in [4.78, 5) is 23.6. The lowest BCUT2D eigenvalue weighted by molar-refractivity contribution is -0.310. The molecule has 1 N–H and O–H groups in total. The third-order valence-corrected chi connectivity index (χ3v) is 4.09. The van der Waals surface area contributed by atoms with Crippen LogP contribution in [0.15, 0.2) is 42.3 Å². The molecule has 116 valence electrons. The van der Waals surface area contributed by atoms with Gasteiger partial charge in [-0.25, -0.2) is 4.39 Å². The molecule has 2 atom stereocenters. The first kappa shape index (κ1) is 15.9. The van der Waals surface area contributed by atoms with Crippen LogP contribution in [0.3, 0.4) is 0 Å². The van der Waals surface area contributed by atoms with E-state index < -0.39 is 29.0 Å². The fourth-order valence-corrected chi connectivity index (χ4v) is 2.59. The highest BCUT2D eigenvalue weighted by molar-refractivity contribution is 5.98. The van der Waals surface area contributed by atoms with Gasteiger partial charge in [-0.05, 0) is 50.1 Å². The van der Waals surface area contributed by atoms with Crippen LogP contribution in [0, 0.1) is 19.8 Å². The molecule has 0 bridgehead atoms. The van der Waals surface area contributed by atoms with E-state index in [-0.39, 0.29) is 0 Å². The minimum absolute atomic E-state index is 0.498. The van der Waals surface area contributed by atoms with E-state index >= 15 is 0 Å². The van der Waals surface area contributed by atoms with Crippen molar-refractivity contribution >= 4 is 17.4 Å². The van der Waals surface area contributed by atoms with Crippen molar-refractivity contribution in [3.63, 3.8) is 0 Å². The number of benzene rings is 1. The van der Waals surface area contributed by atoms with E-state index in [1.54, 1.807) is 12.1 Å². The molecule has 22 heavy (non-hydrogen) atoms. The second-order valence-electron chi connectivity index (χ2n) is 5.48. The van der Waals surface area contributed by atoms with E-state index in [2.05, 4.69) is 5.32 Å². The maximum absolute atomic E-state index is 13.7. The van der Waals surface area contributed by atoms with Gasteiger partial charge in [-0.1, -0.05) is 18.2 Å². The molecule has 0 heterocycles. The van der Waals surface area contributed by atoms with Gasteiger partial charge >= 0.3 is 0 Å². The number of aryl methyl sites for hydroxylation is 1. The van der Waals surface area contributed by atoms with E-state index in [0.29, 0.717) is 5.69 Å². The van der Waals surface area contributed by atoms with Gasteiger partial charge in [0.2, 0.25) is 0 Å². The number of anilines is 1. The van der Waals surface area contributed by atoms with Crippen molar-refractivity contribution in [2.75, 3.05) is 5.32 Å². The summed E-state index contributed by atoms with van der Waals surface area (Å²) in [7, 11) is 0. The van der Waals surface area contributed by atoms with Crippen LogP contribution in [0.2, 0.25) is 0 Å². The summed E-state index contributed by atoms with van der Waals surface area (Å²) in [5, 5.41) is 14.3. The highest BCUT2D eigenvalue weighted by atomic mass is 19.1. The molecule has 4 nitrogen and oxygen atoms in total. The number of carbonyl (C=O) groups excluding carboxylic acids is 2. The Morgan fingerprint density at radius 1 is 1.32 bits per heavy atom. The highest BCUT2D eigenvalue weighted by Gasteiger charge is 2.43. The van der Waals surface area contributed by atoms with Crippen molar-refractivity contribution in [1.82, 2.24) is 0 Å². The molecule has 1 aliphatic carbocycles. The summed E-state index contributed by atoms with van der Waals surface area (Å²) >= 11 is 0. The molecule has 5 heteroatoms. The highest BCUT2D eigenvalue weighted by Crippen LogP contribution is 2.34. The van der Waals surface area contributed by atoms with Crippen LogP contribution in [-0.4, -0.2) is 17.3 Å². The number of carboxylic acids is 1. The van der Waals surface area contributed by atoms with Gasteiger partial charge in [0.1, 0.15) is 11.4 Å². The predicted octanol–water partition coefficient (Wildman–Crippen LogP) is 1.83. The van der Waals surface area contributed by atoms with Gasteiger partial charge in [-0.15, -0.1) is 0 Å². The first-order valence-electron chi connectivity index (χ1n) is 6.91. The monoisotopic (exact) mass is 302 g/mol. The first-order chi connectivity index (χ1) is 10.3. The van der Waals surface area contributed by atoms with Crippen molar-refractivity contribution in [1.29, 1.82) is 0 Å². The molecule has 0 radical (unpaired) electrons. The standard InChI is InChI=1S/C17H18FNO3/c1-10-5-4-6-15(11(10)2)19-17(12(3)20)9-13(18)7-8-14(17)16(21)22/h4-9,14,19H,1-3H3,(H,21,22)/p-1. The van der Waals surface area contributed by atoms with Crippen LogP contribution in [0.25, 0.3) is 0 Å². The van der Waals surface area contributed by atoms with Crippen LogP contribution in [0.1, 0.15) is 18.1 Å². The molecular weight excluding hydrogens is 285 g/mol. The molecule has 1 aromatic rings. The van der Waals surface area contributed by atoms with Crippen molar-refractivity contribution in [2.24, 2.45) is 5.92 Å². The summed E-state index contributed by atoms with van der Waals surface area (Å²) in [6.45, 7) is 4.98. The maximum Gasteiger partial charge on any atom is 0.160 e. The third kappa shape index (κ3) is 2.66. The number of ketones is 1. The third-order valence-electron chi connectivity index (χ3n) is 4.09. The smallest absolute Gasteiger partial charge is 0.160 e. The number of hydrogen-bond donors (Lipinski definition) is 1. The largest absolute Gasteiger partial charge is 0.549 e. The normalized spacial score (nSPS) is 23.8. The Balaban J connectivity index is 2.57. The van der Waals surface area contributed by atoms with Gasteiger partial charge in [0, 0.05) is 5.69 Å². The average Bonchev–Trinajstić information content (AvgIpc) is 2.43. The minimum atomic E-state index is -1.70. The molecule has 0 fully saturated rings. The molecule has 1 aromatic carbocycles. The number of hydrogen-bond acceptors (Lipinski definition) is 4. The number of carbonyl (C=O) groups is 2. The zero-order valence-electron chi connectivity index (χ0n) is 12.6. The fourth-order valence-electron chi connectivity index (χ4n) is 2.59. The molecule has 0 amide bonds. The number of aliphatic carboxylic acids is 1. The summed E-state index contributed by atoms with van der Waals surface area (Å²) in [6, 6.07) is 5.41. The van der Waals surface area contributed by atoms with Crippen LogP contribution in [0.5, 0.6) is 0 Å². The molecule has 2 rings (SSSR count). The van der Waals surface area contributed by atoms with E-state index in [1.165, 1.54) is 6.92 Å². The molecule has 2 unspecified atom stereocenters. The van der Waals surface area contributed by atoms with E-state index in [0.717, 1.165) is 29.4 Å². The fraction of sp³-hybridized carbons (Fsp3) is 0.294. The predicted molar refractivity (Wildman–Crippen MR) is 79.8 cm³/mol. The van der Waals surface area contributed by atoms with Crippen molar-refractivity contribution in [3.05, 3.63) is 53.4 Å². The number of carboxylic acid groups (broad SMARTS) is 1. The Bertz CT molecular complexity index is 693. The van der Waals surface area contributed by atoms with Gasteiger partial charge in [0.15, 0.2) is 5.78 Å². The lowest BCUT2D eigenvalue weighted by atomic mass is 9.77. The number of halogens is 1. The second kappa shape index (κ2) is 5.75. The van der Waals surface area contributed by atoms with E-state index in [1.807, 2.05) is 19.9 Å². The zero-order chi connectivity index (χ0) is 16.5. The lowest BCUT2D eigenvalue weighted by Crippen LogP contribution is -2.56. The number of allylic oxidation sites excluding steroid dienone is 2. The lowest BCUT2D eigenvalue weighted by Gasteiger charge is -2.39. The van der Waals surface area contributed by atoms with E-state index in [4.69, 9.17) is 0 Å². The van der Waals surface area contributed by atoms with Crippen molar-refractivity contribution in [2.45, 2.75) is 26.3 Å². The maximum atomic E-state index is 13.7. The van der Waals surface area contributed by atoms with Gasteiger partial charge in [-0.2, -0.15) is 0 Å². The van der Waals surface area contributed by atoms with Crippen molar-refractivity contribution in [3.8, 4) is 0 Å². The Hall–Kier alpha value is -2.43. The molecule has 0 aromatic heterocycles.